The average molecular weight is 538 g/mol. The lowest BCUT2D eigenvalue weighted by Gasteiger charge is -2.42. The van der Waals surface area contributed by atoms with E-state index in [2.05, 4.69) is 41.0 Å². The van der Waals surface area contributed by atoms with Gasteiger partial charge >= 0.3 is 0 Å². The fraction of sp³-hybridized carbons (Fsp3) is 0.357. The molecule has 2 aromatic carbocycles. The largest absolute Gasteiger partial charge is 0.481 e. The average Bonchev–Trinajstić information content (AvgIpc) is 3.31. The lowest BCUT2D eigenvalue weighted by Crippen LogP contribution is -2.51. The number of rotatable bonds is 7. The van der Waals surface area contributed by atoms with Gasteiger partial charge in [0.05, 0.1) is 30.7 Å². The molecular weight excluding hydrogens is 505 g/mol. The van der Waals surface area contributed by atoms with Gasteiger partial charge in [-0.25, -0.2) is 22.5 Å². The SMILES string of the molecule is COc1ccc(S(=O)(=O)N2CCN(CC(C)C)C(c3cc4cnn(-c5ccc(F)cc5)c4cc3C)C2)cn1. The number of sulfonamides is 1. The summed E-state index contributed by atoms with van der Waals surface area (Å²) >= 11 is 0. The van der Waals surface area contributed by atoms with Crippen LogP contribution in [0.1, 0.15) is 31.0 Å². The number of pyridine rings is 1. The first-order valence-corrected chi connectivity index (χ1v) is 14.1. The van der Waals surface area contributed by atoms with E-state index < -0.39 is 10.0 Å². The van der Waals surface area contributed by atoms with E-state index in [0.717, 1.165) is 34.3 Å². The summed E-state index contributed by atoms with van der Waals surface area (Å²) in [5.41, 5.74) is 3.81. The number of ether oxygens (including phenoxy) is 1. The van der Waals surface area contributed by atoms with Crippen molar-refractivity contribution in [1.29, 1.82) is 0 Å². The monoisotopic (exact) mass is 537 g/mol. The smallest absolute Gasteiger partial charge is 0.244 e. The zero-order valence-corrected chi connectivity index (χ0v) is 22.8. The minimum absolute atomic E-state index is 0.120. The lowest BCUT2D eigenvalue weighted by atomic mass is 9.96. The maximum Gasteiger partial charge on any atom is 0.244 e. The summed E-state index contributed by atoms with van der Waals surface area (Å²) in [6.45, 7) is 8.61. The molecule has 1 aliphatic heterocycles. The molecule has 1 saturated heterocycles. The van der Waals surface area contributed by atoms with Gasteiger partial charge in [-0.1, -0.05) is 13.8 Å². The van der Waals surface area contributed by atoms with Crippen LogP contribution >= 0.6 is 0 Å². The van der Waals surface area contributed by atoms with E-state index in [1.54, 1.807) is 33.4 Å². The first-order valence-electron chi connectivity index (χ1n) is 12.7. The molecule has 38 heavy (non-hydrogen) atoms. The fourth-order valence-electron chi connectivity index (χ4n) is 5.13. The number of hydrogen-bond acceptors (Lipinski definition) is 6. The number of nitrogens with zero attached hydrogens (tertiary/aromatic N) is 5. The molecule has 0 N–H and O–H groups in total. The van der Waals surface area contributed by atoms with Crippen LogP contribution in [0.3, 0.4) is 0 Å². The van der Waals surface area contributed by atoms with E-state index in [1.807, 2.05) is 6.92 Å². The standard InChI is InChI=1S/C28H32FN5O3S/c1-19(2)17-32-11-12-33(38(35,36)24-9-10-28(37-4)30-16-24)18-27(32)25-14-21-15-31-34(26(21)13-20(25)3)23-7-5-22(29)6-8-23/h5-10,13-16,19,27H,11-12,17-18H2,1-4H3. The maximum atomic E-state index is 13.6. The van der Waals surface area contributed by atoms with Crippen molar-refractivity contribution in [2.45, 2.75) is 31.7 Å². The van der Waals surface area contributed by atoms with Crippen LogP contribution < -0.4 is 4.74 Å². The zero-order valence-electron chi connectivity index (χ0n) is 22.0. The van der Waals surface area contributed by atoms with Gasteiger partial charge in [0.15, 0.2) is 0 Å². The fourth-order valence-corrected chi connectivity index (χ4v) is 6.51. The van der Waals surface area contributed by atoms with Crippen molar-refractivity contribution < 1.29 is 17.5 Å². The molecule has 1 fully saturated rings. The van der Waals surface area contributed by atoms with Crippen LogP contribution in [0.2, 0.25) is 0 Å². The number of aromatic nitrogens is 3. The molecule has 0 saturated carbocycles. The Hall–Kier alpha value is -3.34. The summed E-state index contributed by atoms with van der Waals surface area (Å²) in [7, 11) is -2.23. The predicted molar refractivity (Wildman–Crippen MR) is 144 cm³/mol. The van der Waals surface area contributed by atoms with Crippen molar-refractivity contribution in [3.05, 3.63) is 77.9 Å². The van der Waals surface area contributed by atoms with Crippen molar-refractivity contribution in [3.63, 3.8) is 0 Å². The van der Waals surface area contributed by atoms with E-state index in [9.17, 15) is 12.8 Å². The first-order chi connectivity index (χ1) is 18.2. The van der Waals surface area contributed by atoms with Crippen LogP contribution in [0.15, 0.2) is 65.8 Å². The van der Waals surface area contributed by atoms with E-state index >= 15 is 0 Å². The molecule has 0 amide bonds. The Kier molecular flexibility index (Phi) is 7.21. The Morgan fingerprint density at radius 1 is 1.08 bits per heavy atom. The third kappa shape index (κ3) is 5.03. The molecule has 4 aromatic rings. The second kappa shape index (κ2) is 10.4. The highest BCUT2D eigenvalue weighted by atomic mass is 32.2. The lowest BCUT2D eigenvalue weighted by molar-refractivity contribution is 0.105. The topological polar surface area (TPSA) is 80.6 Å². The van der Waals surface area contributed by atoms with Gasteiger partial charge in [0, 0.05) is 43.7 Å². The third-order valence-corrected chi connectivity index (χ3v) is 8.84. The molecule has 0 radical (unpaired) electrons. The number of hydrogen-bond donors (Lipinski definition) is 0. The van der Waals surface area contributed by atoms with E-state index in [-0.39, 0.29) is 16.8 Å². The molecule has 10 heteroatoms. The van der Waals surface area contributed by atoms with E-state index in [4.69, 9.17) is 4.74 Å². The molecule has 1 atom stereocenters. The second-order valence-electron chi connectivity index (χ2n) is 10.1. The number of benzene rings is 2. The summed E-state index contributed by atoms with van der Waals surface area (Å²) < 4.78 is 49.0. The molecule has 2 aromatic heterocycles. The van der Waals surface area contributed by atoms with Crippen LogP contribution in [-0.4, -0.2) is 65.7 Å². The number of fused-ring (bicyclic) bond motifs is 1. The minimum Gasteiger partial charge on any atom is -0.481 e. The first kappa shape index (κ1) is 26.3. The van der Waals surface area contributed by atoms with Crippen molar-refractivity contribution in [2.75, 3.05) is 33.3 Å². The zero-order chi connectivity index (χ0) is 27.0. The normalized spacial score (nSPS) is 17.4. The highest BCUT2D eigenvalue weighted by Crippen LogP contribution is 2.34. The van der Waals surface area contributed by atoms with Crippen LogP contribution in [0.5, 0.6) is 5.88 Å². The van der Waals surface area contributed by atoms with Gasteiger partial charge in [-0.2, -0.15) is 9.40 Å². The van der Waals surface area contributed by atoms with Gasteiger partial charge in [0.25, 0.3) is 0 Å². The van der Waals surface area contributed by atoms with E-state index in [1.165, 1.54) is 31.5 Å². The van der Waals surface area contributed by atoms with Crippen molar-refractivity contribution in [1.82, 2.24) is 24.0 Å². The summed E-state index contributed by atoms with van der Waals surface area (Å²) in [5, 5.41) is 5.50. The second-order valence-corrected chi connectivity index (χ2v) is 12.0. The number of piperazine rings is 1. The number of methoxy groups -OCH3 is 1. The van der Waals surface area contributed by atoms with Crippen LogP contribution in [0.4, 0.5) is 4.39 Å². The highest BCUT2D eigenvalue weighted by Gasteiger charge is 2.36. The Labute approximate surface area is 222 Å². The molecule has 8 nitrogen and oxygen atoms in total. The quantitative estimate of drug-likeness (QED) is 0.343. The van der Waals surface area contributed by atoms with Crippen LogP contribution in [-0.2, 0) is 10.0 Å². The Morgan fingerprint density at radius 3 is 2.50 bits per heavy atom. The van der Waals surface area contributed by atoms with Gasteiger partial charge in [0.1, 0.15) is 10.7 Å². The third-order valence-electron chi connectivity index (χ3n) is 7.00. The molecule has 200 valence electrons. The van der Waals surface area contributed by atoms with Crippen LogP contribution in [0.25, 0.3) is 16.6 Å². The van der Waals surface area contributed by atoms with Gasteiger partial charge in [-0.15, -0.1) is 0 Å². The number of halogens is 1. The summed E-state index contributed by atoms with van der Waals surface area (Å²) in [6.07, 6.45) is 3.15. The molecule has 0 bridgehead atoms. The Bertz CT molecular complexity index is 1540. The van der Waals surface area contributed by atoms with Crippen LogP contribution in [0, 0.1) is 18.7 Å². The molecule has 0 aliphatic carbocycles. The highest BCUT2D eigenvalue weighted by molar-refractivity contribution is 7.89. The molecule has 3 heterocycles. The van der Waals surface area contributed by atoms with Gasteiger partial charge in [-0.05, 0) is 66.4 Å². The van der Waals surface area contributed by atoms with Crippen molar-refractivity contribution in [2.24, 2.45) is 5.92 Å². The summed E-state index contributed by atoms with van der Waals surface area (Å²) in [6, 6.07) is 13.4. The number of aryl methyl sites for hydroxylation is 1. The van der Waals surface area contributed by atoms with Gasteiger partial charge in [0.2, 0.25) is 15.9 Å². The van der Waals surface area contributed by atoms with E-state index in [0.29, 0.717) is 31.4 Å². The van der Waals surface area contributed by atoms with Crippen molar-refractivity contribution in [3.8, 4) is 11.6 Å². The predicted octanol–water partition coefficient (Wildman–Crippen LogP) is 4.58. The summed E-state index contributed by atoms with van der Waals surface area (Å²) in [5.74, 6) is 0.501. The van der Waals surface area contributed by atoms with Gasteiger partial charge < -0.3 is 4.74 Å². The maximum absolute atomic E-state index is 13.6. The minimum atomic E-state index is -3.73. The van der Waals surface area contributed by atoms with Gasteiger partial charge in [-0.3, -0.25) is 4.90 Å². The molecular formula is C28H32FN5O3S. The Balaban J connectivity index is 1.51. The molecule has 1 aliphatic rings. The summed E-state index contributed by atoms with van der Waals surface area (Å²) in [4.78, 5) is 6.63. The molecule has 5 rings (SSSR count). The van der Waals surface area contributed by atoms with Crippen molar-refractivity contribution >= 4 is 20.9 Å². The molecule has 0 spiro atoms. The molecule has 1 unspecified atom stereocenters. The Morgan fingerprint density at radius 2 is 1.84 bits per heavy atom.